The fourth-order valence-corrected chi connectivity index (χ4v) is 3.94. The Bertz CT molecular complexity index is 1500. The molecule has 0 atom stereocenters. The van der Waals surface area contributed by atoms with Crippen LogP contribution in [-0.2, 0) is 24.3 Å². The summed E-state index contributed by atoms with van der Waals surface area (Å²) < 4.78 is 37.2. The lowest BCUT2D eigenvalue weighted by molar-refractivity contribution is -0.114. The Hall–Kier alpha value is -4.60. The minimum atomic E-state index is -2.94. The van der Waals surface area contributed by atoms with E-state index < -0.39 is 5.92 Å². The topological polar surface area (TPSA) is 136 Å². The molecule has 1 amide bonds. The monoisotopic (exact) mass is 479 g/mol. The molecule has 0 saturated heterocycles. The standard InChI is InChI=1S/C22H19F2N9O2/c1-12(34)28-17-8-13(4-6-26-17)35-15-11-27-20-19(14(15)10-25)32(2)21(30-20)29-18-9-16-22(23,24)5-3-7-33(16)31-18/h4,6,8-9,11H,3,5,7H2,1-2H3,(H,26,28,34)(H,27,29,30,31). The van der Waals surface area contributed by atoms with Gasteiger partial charge in [-0.15, -0.1) is 0 Å². The van der Waals surface area contributed by atoms with Crippen molar-refractivity contribution in [2.75, 3.05) is 10.6 Å². The summed E-state index contributed by atoms with van der Waals surface area (Å²) in [5.41, 5.74) is 0.680. The zero-order chi connectivity index (χ0) is 24.7. The number of aryl methyl sites for hydroxylation is 2. The molecule has 11 nitrogen and oxygen atoms in total. The van der Waals surface area contributed by atoms with E-state index in [4.69, 9.17) is 4.74 Å². The predicted octanol–water partition coefficient (Wildman–Crippen LogP) is 3.81. The van der Waals surface area contributed by atoms with E-state index in [1.807, 2.05) is 0 Å². The number of nitriles is 1. The molecule has 0 unspecified atom stereocenters. The minimum absolute atomic E-state index is 0.146. The lowest BCUT2D eigenvalue weighted by Gasteiger charge is -2.22. The van der Waals surface area contributed by atoms with E-state index in [1.54, 1.807) is 17.7 Å². The van der Waals surface area contributed by atoms with Crippen molar-refractivity contribution in [3.63, 3.8) is 0 Å². The Labute approximate surface area is 197 Å². The molecule has 13 heteroatoms. The third-order valence-corrected chi connectivity index (χ3v) is 5.49. The maximum atomic E-state index is 14.2. The Morgan fingerprint density at radius 2 is 2.11 bits per heavy atom. The lowest BCUT2D eigenvalue weighted by atomic mass is 10.1. The fraction of sp³-hybridized carbons (Fsp3) is 0.273. The SMILES string of the molecule is CC(=O)Nc1cc(Oc2cnc3nc(Nc4cc5n(n4)CCCC5(F)F)n(C)c3c2C#N)ccn1. The minimum Gasteiger partial charge on any atom is -0.454 e. The zero-order valence-corrected chi connectivity index (χ0v) is 18.7. The third kappa shape index (κ3) is 4.10. The number of nitrogens with zero attached hydrogens (tertiary/aromatic N) is 7. The first-order chi connectivity index (χ1) is 16.7. The number of imidazole rings is 1. The highest BCUT2D eigenvalue weighted by Gasteiger charge is 2.38. The Balaban J connectivity index is 1.48. The van der Waals surface area contributed by atoms with Crippen LogP contribution in [0.1, 0.15) is 31.0 Å². The smallest absolute Gasteiger partial charge is 0.289 e. The highest BCUT2D eigenvalue weighted by molar-refractivity contribution is 5.87. The van der Waals surface area contributed by atoms with Crippen molar-refractivity contribution >= 4 is 34.7 Å². The average molecular weight is 479 g/mol. The molecule has 4 aromatic heterocycles. The molecule has 0 saturated carbocycles. The van der Waals surface area contributed by atoms with E-state index >= 15 is 0 Å². The number of carbonyl (C=O) groups excluding carboxylic acids is 1. The highest BCUT2D eigenvalue weighted by Crippen LogP contribution is 2.38. The molecule has 1 aliphatic heterocycles. The zero-order valence-electron chi connectivity index (χ0n) is 18.7. The number of fused-ring (bicyclic) bond motifs is 2. The van der Waals surface area contributed by atoms with Crippen LogP contribution in [-0.4, -0.2) is 35.2 Å². The van der Waals surface area contributed by atoms with Crippen molar-refractivity contribution in [1.82, 2.24) is 29.3 Å². The van der Waals surface area contributed by atoms with Gasteiger partial charge >= 0.3 is 0 Å². The van der Waals surface area contributed by atoms with Gasteiger partial charge in [0.05, 0.1) is 6.20 Å². The van der Waals surface area contributed by atoms with Gasteiger partial charge in [0.1, 0.15) is 34.4 Å². The molecular weight excluding hydrogens is 460 g/mol. The van der Waals surface area contributed by atoms with Crippen molar-refractivity contribution in [3.8, 4) is 17.6 Å². The van der Waals surface area contributed by atoms with Crippen molar-refractivity contribution in [3.05, 3.63) is 41.9 Å². The van der Waals surface area contributed by atoms with Gasteiger partial charge in [-0.2, -0.15) is 24.1 Å². The summed E-state index contributed by atoms with van der Waals surface area (Å²) in [6, 6.07) is 6.51. The van der Waals surface area contributed by atoms with Gasteiger partial charge < -0.3 is 19.9 Å². The summed E-state index contributed by atoms with van der Waals surface area (Å²) in [5.74, 6) is -1.92. The number of carbonyl (C=O) groups is 1. The van der Waals surface area contributed by atoms with Crippen molar-refractivity contribution in [2.24, 2.45) is 7.05 Å². The number of rotatable bonds is 5. The van der Waals surface area contributed by atoms with Crippen molar-refractivity contribution in [2.45, 2.75) is 32.2 Å². The fourth-order valence-electron chi connectivity index (χ4n) is 3.94. The second kappa shape index (κ2) is 8.32. The van der Waals surface area contributed by atoms with E-state index in [2.05, 4.69) is 36.8 Å². The van der Waals surface area contributed by atoms with Crippen molar-refractivity contribution < 1.29 is 18.3 Å². The molecule has 0 spiro atoms. The molecule has 2 N–H and O–H groups in total. The van der Waals surface area contributed by atoms with Crippen LogP contribution >= 0.6 is 0 Å². The van der Waals surface area contributed by atoms with Gasteiger partial charge in [-0.1, -0.05) is 0 Å². The number of alkyl halides is 2. The van der Waals surface area contributed by atoms with Crippen LogP contribution in [0.2, 0.25) is 0 Å². The molecular formula is C22H19F2N9O2. The first-order valence-electron chi connectivity index (χ1n) is 10.7. The quantitative estimate of drug-likeness (QED) is 0.441. The van der Waals surface area contributed by atoms with Crippen LogP contribution in [0.15, 0.2) is 30.6 Å². The third-order valence-electron chi connectivity index (χ3n) is 5.49. The number of halogens is 2. The van der Waals surface area contributed by atoms with Crippen LogP contribution in [0.5, 0.6) is 11.5 Å². The van der Waals surface area contributed by atoms with Gasteiger partial charge in [-0.05, 0) is 12.5 Å². The number of amides is 1. The molecule has 0 aromatic carbocycles. The Kier molecular flexibility index (Phi) is 5.28. The summed E-state index contributed by atoms with van der Waals surface area (Å²) >= 11 is 0. The number of anilines is 3. The molecule has 35 heavy (non-hydrogen) atoms. The van der Waals surface area contributed by atoms with Gasteiger partial charge in [0.2, 0.25) is 11.9 Å². The number of aromatic nitrogens is 6. The van der Waals surface area contributed by atoms with Gasteiger partial charge in [-0.25, -0.2) is 9.97 Å². The van der Waals surface area contributed by atoms with E-state index in [0.717, 1.165) is 0 Å². The molecule has 0 radical (unpaired) electrons. The van der Waals surface area contributed by atoms with Crippen LogP contribution in [0.4, 0.5) is 26.4 Å². The number of hydrogen-bond donors (Lipinski definition) is 2. The van der Waals surface area contributed by atoms with Gasteiger partial charge in [0.25, 0.3) is 5.92 Å². The Morgan fingerprint density at radius 3 is 2.86 bits per heavy atom. The summed E-state index contributed by atoms with van der Waals surface area (Å²) in [4.78, 5) is 24.0. The summed E-state index contributed by atoms with van der Waals surface area (Å²) in [5, 5.41) is 19.6. The predicted molar refractivity (Wildman–Crippen MR) is 120 cm³/mol. The molecule has 0 bridgehead atoms. The maximum Gasteiger partial charge on any atom is 0.289 e. The number of ether oxygens (including phenoxy) is 1. The van der Waals surface area contributed by atoms with Gasteiger partial charge in [-0.3, -0.25) is 9.48 Å². The largest absolute Gasteiger partial charge is 0.454 e. The van der Waals surface area contributed by atoms with Gasteiger partial charge in [0.15, 0.2) is 17.2 Å². The van der Waals surface area contributed by atoms with Crippen LogP contribution in [0.25, 0.3) is 11.2 Å². The molecule has 4 aromatic rings. The summed E-state index contributed by atoms with van der Waals surface area (Å²) in [7, 11) is 1.66. The van der Waals surface area contributed by atoms with Crippen molar-refractivity contribution in [1.29, 1.82) is 5.26 Å². The normalized spacial score (nSPS) is 14.3. The van der Waals surface area contributed by atoms with Crippen LogP contribution < -0.4 is 15.4 Å². The Morgan fingerprint density at radius 1 is 1.29 bits per heavy atom. The molecule has 5 rings (SSSR count). The van der Waals surface area contributed by atoms with E-state index in [9.17, 15) is 18.8 Å². The highest BCUT2D eigenvalue weighted by atomic mass is 19.3. The molecule has 178 valence electrons. The molecule has 0 fully saturated rings. The molecule has 0 aliphatic carbocycles. The number of hydrogen-bond acceptors (Lipinski definition) is 8. The lowest BCUT2D eigenvalue weighted by Crippen LogP contribution is -2.25. The summed E-state index contributed by atoms with van der Waals surface area (Å²) in [6.45, 7) is 1.77. The second-order valence-corrected chi connectivity index (χ2v) is 8.01. The van der Waals surface area contributed by atoms with E-state index in [-0.39, 0.29) is 46.7 Å². The molecule has 5 heterocycles. The molecule has 1 aliphatic rings. The number of nitrogens with one attached hydrogen (secondary N) is 2. The first kappa shape index (κ1) is 22.2. The number of pyridine rings is 2. The van der Waals surface area contributed by atoms with Gasteiger partial charge in [0, 0.05) is 45.3 Å². The second-order valence-electron chi connectivity index (χ2n) is 8.01. The maximum absolute atomic E-state index is 14.2. The first-order valence-corrected chi connectivity index (χ1v) is 10.7. The van der Waals surface area contributed by atoms with E-state index in [1.165, 1.54) is 36.1 Å². The average Bonchev–Trinajstić information content (AvgIpc) is 3.36. The van der Waals surface area contributed by atoms with E-state index in [0.29, 0.717) is 30.0 Å². The van der Waals surface area contributed by atoms with Crippen LogP contribution in [0.3, 0.4) is 0 Å². The summed E-state index contributed by atoms with van der Waals surface area (Å²) in [6.07, 6.45) is 2.95. The van der Waals surface area contributed by atoms with Crippen LogP contribution in [0, 0.1) is 11.3 Å².